The highest BCUT2D eigenvalue weighted by molar-refractivity contribution is 6.32. The molecule has 0 unspecified atom stereocenters. The molecule has 1 fully saturated rings. The zero-order valence-electron chi connectivity index (χ0n) is 18.4. The van der Waals surface area contributed by atoms with Crippen LogP contribution in [0.2, 0.25) is 0 Å². The van der Waals surface area contributed by atoms with Gasteiger partial charge >= 0.3 is 6.09 Å². The minimum atomic E-state index is -0.369. The number of hydrogen-bond acceptors (Lipinski definition) is 7. The molecule has 0 atom stereocenters. The Hall–Kier alpha value is -4.15. The van der Waals surface area contributed by atoms with Gasteiger partial charge in [0.1, 0.15) is 19.2 Å². The second kappa shape index (κ2) is 8.08. The van der Waals surface area contributed by atoms with E-state index in [1.54, 1.807) is 15.5 Å². The number of nitrogens with one attached hydrogen (secondary N) is 1. The quantitative estimate of drug-likeness (QED) is 0.473. The van der Waals surface area contributed by atoms with Crippen molar-refractivity contribution in [1.29, 1.82) is 0 Å². The Morgan fingerprint density at radius 2 is 2.06 bits per heavy atom. The number of ether oxygens (including phenoxy) is 1. The lowest BCUT2D eigenvalue weighted by Crippen LogP contribution is -2.48. The molecular formula is C22H21BN6O4. The molecule has 33 heavy (non-hydrogen) atoms. The molecule has 4 aromatic rings. The molecule has 1 N–H and O–H groups in total. The Balaban J connectivity index is 1.34. The number of likely N-dealkylation sites (tertiary alicyclic amines) is 1. The van der Waals surface area contributed by atoms with E-state index in [1.165, 1.54) is 7.11 Å². The van der Waals surface area contributed by atoms with Crippen molar-refractivity contribution in [2.45, 2.75) is 12.8 Å². The van der Waals surface area contributed by atoms with Gasteiger partial charge in [0.25, 0.3) is 5.91 Å². The van der Waals surface area contributed by atoms with Crippen molar-refractivity contribution in [3.05, 3.63) is 59.9 Å². The molecule has 5 rings (SSSR count). The van der Waals surface area contributed by atoms with Crippen LogP contribution >= 0.6 is 0 Å². The third-order valence-corrected chi connectivity index (χ3v) is 5.75. The molecule has 166 valence electrons. The molecule has 1 aliphatic heterocycles. The number of pyridine rings is 1. The molecule has 0 bridgehead atoms. The minimum absolute atomic E-state index is 0.0197. The lowest BCUT2D eigenvalue weighted by atomic mass is 9.98. The van der Waals surface area contributed by atoms with E-state index < -0.39 is 0 Å². The number of carbonyl (C=O) groups excluding carboxylic acids is 2. The van der Waals surface area contributed by atoms with Gasteiger partial charge in [0.15, 0.2) is 0 Å². The largest absolute Gasteiger partial charge is 0.453 e. The Labute approximate surface area is 190 Å². The van der Waals surface area contributed by atoms with Gasteiger partial charge in [-0.1, -0.05) is 28.8 Å². The maximum absolute atomic E-state index is 13.0. The van der Waals surface area contributed by atoms with Crippen molar-refractivity contribution >= 4 is 36.6 Å². The summed E-state index contributed by atoms with van der Waals surface area (Å²) in [5, 5.41) is 7.04. The first-order valence-electron chi connectivity index (χ1n) is 10.5. The van der Waals surface area contributed by atoms with E-state index in [0.29, 0.717) is 47.4 Å². The van der Waals surface area contributed by atoms with Crippen LogP contribution in [0.4, 0.5) is 10.5 Å². The molecule has 2 amide bonds. The van der Waals surface area contributed by atoms with E-state index in [-0.39, 0.29) is 17.9 Å². The zero-order chi connectivity index (χ0) is 23.1. The zero-order valence-corrected chi connectivity index (χ0v) is 18.4. The number of aryl methyl sites for hydroxylation is 1. The average molecular weight is 444 g/mol. The van der Waals surface area contributed by atoms with Crippen LogP contribution in [0.3, 0.4) is 0 Å². The van der Waals surface area contributed by atoms with Crippen LogP contribution in [0.1, 0.15) is 27.9 Å². The summed E-state index contributed by atoms with van der Waals surface area (Å²) in [4.78, 5) is 34.9. The highest BCUT2D eigenvalue weighted by Gasteiger charge is 2.36. The number of anilines is 1. The van der Waals surface area contributed by atoms with Crippen LogP contribution in [-0.2, 0) is 4.74 Å². The lowest BCUT2D eigenvalue weighted by Gasteiger charge is -2.35. The lowest BCUT2D eigenvalue weighted by molar-refractivity contribution is 0.0804. The van der Waals surface area contributed by atoms with Crippen molar-refractivity contribution in [1.82, 2.24) is 24.4 Å². The standard InChI is InChI=1S/C22H21BN6O4/c1-12-3-4-13(19-26-21(33-27-19)14-10-28(11-14)22(31)32-2)7-16(12)25-20(30)17-9-24-18-8-15(23)5-6-29(17)18/h3-9,14H,10-11,23H2,1-2H3,(H,25,30). The van der Waals surface area contributed by atoms with Crippen molar-refractivity contribution in [3.63, 3.8) is 0 Å². The fraction of sp³-hybridized carbons (Fsp3) is 0.227. The van der Waals surface area contributed by atoms with Gasteiger partial charge in [-0.3, -0.25) is 9.20 Å². The number of fused-ring (bicyclic) bond motifs is 1. The number of hydrogen-bond donors (Lipinski definition) is 1. The molecule has 0 radical (unpaired) electrons. The number of methoxy groups -OCH3 is 1. The SMILES string of the molecule is Bc1ccn2c(C(=O)Nc3cc(-c4noc(C5CN(C(=O)OC)C5)n4)ccc3C)cnc2c1. The molecular weight excluding hydrogens is 423 g/mol. The summed E-state index contributed by atoms with van der Waals surface area (Å²) in [5.41, 5.74) is 4.48. The topological polar surface area (TPSA) is 115 Å². The molecule has 1 aromatic carbocycles. The Kier molecular flexibility index (Phi) is 5.08. The Morgan fingerprint density at radius 1 is 1.24 bits per heavy atom. The van der Waals surface area contributed by atoms with Gasteiger partial charge in [-0.05, 0) is 24.6 Å². The van der Waals surface area contributed by atoms with Crippen LogP contribution < -0.4 is 10.8 Å². The number of amides is 2. The smallest absolute Gasteiger partial charge is 0.409 e. The number of benzene rings is 1. The van der Waals surface area contributed by atoms with E-state index in [4.69, 9.17) is 9.26 Å². The predicted octanol–water partition coefficient (Wildman–Crippen LogP) is 1.37. The maximum atomic E-state index is 13.0. The molecule has 0 aliphatic carbocycles. The maximum Gasteiger partial charge on any atom is 0.409 e. The molecule has 11 heteroatoms. The van der Waals surface area contributed by atoms with Crippen molar-refractivity contribution in [2.75, 3.05) is 25.5 Å². The third kappa shape index (κ3) is 3.82. The van der Waals surface area contributed by atoms with E-state index in [9.17, 15) is 9.59 Å². The molecule has 1 aliphatic rings. The summed E-state index contributed by atoms with van der Waals surface area (Å²) in [7, 11) is 3.33. The summed E-state index contributed by atoms with van der Waals surface area (Å²) in [5.74, 6) is 0.603. The highest BCUT2D eigenvalue weighted by Crippen LogP contribution is 2.29. The number of carbonyl (C=O) groups is 2. The second-order valence-corrected chi connectivity index (χ2v) is 8.09. The van der Waals surface area contributed by atoms with Gasteiger partial charge < -0.3 is 19.5 Å². The van der Waals surface area contributed by atoms with Crippen LogP contribution in [0, 0.1) is 6.92 Å². The van der Waals surface area contributed by atoms with E-state index in [2.05, 4.69) is 20.4 Å². The monoisotopic (exact) mass is 444 g/mol. The number of nitrogens with zero attached hydrogens (tertiary/aromatic N) is 5. The van der Waals surface area contributed by atoms with Crippen molar-refractivity contribution < 1.29 is 18.8 Å². The fourth-order valence-electron chi connectivity index (χ4n) is 3.76. The first-order chi connectivity index (χ1) is 15.9. The normalized spacial score (nSPS) is 13.7. The first kappa shape index (κ1) is 20.7. The van der Waals surface area contributed by atoms with Gasteiger partial charge in [-0.2, -0.15) is 4.98 Å². The van der Waals surface area contributed by atoms with E-state index >= 15 is 0 Å². The highest BCUT2D eigenvalue weighted by atomic mass is 16.5. The number of rotatable bonds is 4. The Bertz CT molecular complexity index is 1370. The van der Waals surface area contributed by atoms with Crippen molar-refractivity contribution in [3.8, 4) is 11.4 Å². The van der Waals surface area contributed by atoms with Gasteiger partial charge in [0.2, 0.25) is 11.7 Å². The first-order valence-corrected chi connectivity index (χ1v) is 10.5. The molecule has 4 heterocycles. The predicted molar refractivity (Wildman–Crippen MR) is 123 cm³/mol. The Morgan fingerprint density at radius 3 is 2.85 bits per heavy atom. The summed E-state index contributed by atoms with van der Waals surface area (Å²) in [6, 6.07) is 9.43. The summed E-state index contributed by atoms with van der Waals surface area (Å²) >= 11 is 0. The average Bonchev–Trinajstić information content (AvgIpc) is 3.41. The molecule has 10 nitrogen and oxygen atoms in total. The van der Waals surface area contributed by atoms with Crippen molar-refractivity contribution in [2.24, 2.45) is 0 Å². The third-order valence-electron chi connectivity index (χ3n) is 5.75. The van der Waals surface area contributed by atoms with Crippen LogP contribution in [0.25, 0.3) is 17.0 Å². The van der Waals surface area contributed by atoms with E-state index in [0.717, 1.165) is 11.0 Å². The molecule has 1 saturated heterocycles. The van der Waals surface area contributed by atoms with Crippen LogP contribution in [-0.4, -0.2) is 64.5 Å². The van der Waals surface area contributed by atoms with Crippen LogP contribution in [0.5, 0.6) is 0 Å². The second-order valence-electron chi connectivity index (χ2n) is 8.09. The molecule has 3 aromatic heterocycles. The number of imidazole rings is 1. The fourth-order valence-corrected chi connectivity index (χ4v) is 3.76. The van der Waals surface area contributed by atoms with Gasteiger partial charge in [-0.25, -0.2) is 9.78 Å². The summed E-state index contributed by atoms with van der Waals surface area (Å²) in [6.45, 7) is 2.86. The number of aromatic nitrogens is 4. The van der Waals surface area contributed by atoms with Gasteiger partial charge in [0, 0.05) is 30.5 Å². The minimum Gasteiger partial charge on any atom is -0.453 e. The van der Waals surface area contributed by atoms with E-state index in [1.807, 2.05) is 51.3 Å². The van der Waals surface area contributed by atoms with Gasteiger partial charge in [-0.15, -0.1) is 0 Å². The van der Waals surface area contributed by atoms with Gasteiger partial charge in [0.05, 0.1) is 19.2 Å². The summed E-state index contributed by atoms with van der Waals surface area (Å²) in [6.07, 6.45) is 3.02. The van der Waals surface area contributed by atoms with Crippen LogP contribution in [0.15, 0.2) is 47.2 Å². The summed E-state index contributed by atoms with van der Waals surface area (Å²) < 4.78 is 11.9. The molecule has 0 spiro atoms. The molecule has 0 saturated carbocycles.